The first-order valence-corrected chi connectivity index (χ1v) is 20.5. The van der Waals surface area contributed by atoms with E-state index < -0.39 is 0 Å². The molecule has 0 saturated heterocycles. The summed E-state index contributed by atoms with van der Waals surface area (Å²) in [5, 5.41) is 7.93. The zero-order valence-corrected chi connectivity index (χ0v) is 32.4. The number of nitrogens with zero attached hydrogens (tertiary/aromatic N) is 2. The largest absolute Gasteiger partial charge is 0.332 e. The summed E-state index contributed by atoms with van der Waals surface area (Å²) in [6, 6.07) is 59.3. The summed E-state index contributed by atoms with van der Waals surface area (Å²) in [6.45, 7) is 4.51. The summed E-state index contributed by atoms with van der Waals surface area (Å²) < 4.78 is 5.25. The minimum absolute atomic E-state index is 0.264. The molecule has 272 valence electrons. The van der Waals surface area contributed by atoms with Gasteiger partial charge in [0, 0.05) is 37.9 Å². The van der Waals surface area contributed by atoms with E-state index in [-0.39, 0.29) is 6.04 Å². The Balaban J connectivity index is 1.09. The number of allylic oxidation sites excluding steroid dienone is 4. The van der Waals surface area contributed by atoms with Crippen LogP contribution in [0.1, 0.15) is 29.2 Å². The number of aryl methyl sites for hydroxylation is 2. The number of hydrogen-bond donors (Lipinski definition) is 0. The molecule has 8 aromatic carbocycles. The number of hydrogen-bond acceptors (Lipinski definition) is 0. The van der Waals surface area contributed by atoms with Crippen molar-refractivity contribution in [1.82, 2.24) is 8.97 Å². The fraction of sp³-hybridized carbons (Fsp3) is 0.0714. The van der Waals surface area contributed by atoms with Gasteiger partial charge in [0.25, 0.3) is 0 Å². The second-order valence-electron chi connectivity index (χ2n) is 16.5. The standard InChI is InChI=1S/C56H38N2/c1-33-21-23-37(35-13-5-3-6-14-35)29-45(33)39-25-27-41-47-31-52-48(32-51(47)57-49-19-11-9-17-43(49)53(39)55(41)57)42-28-26-40(54-44-18-10-12-20-50(44)58(52)56(42)54)46-30-38(24-22-34(46)2)36-15-7-4-8-16-36/h3-19,21-32,50H,20H2,1-2H3. The third-order valence-corrected chi connectivity index (χ3v) is 13.4. The smallest absolute Gasteiger partial charge is 0.0633 e. The lowest BCUT2D eigenvalue weighted by molar-refractivity contribution is 0.685. The van der Waals surface area contributed by atoms with Crippen LogP contribution >= 0.6 is 0 Å². The molecule has 0 fully saturated rings. The summed E-state index contributed by atoms with van der Waals surface area (Å²) in [6.07, 6.45) is 7.98. The van der Waals surface area contributed by atoms with Gasteiger partial charge < -0.3 is 8.97 Å². The highest BCUT2D eigenvalue weighted by molar-refractivity contribution is 6.29. The topological polar surface area (TPSA) is 9.34 Å². The van der Waals surface area contributed by atoms with Crippen LogP contribution in [0.5, 0.6) is 0 Å². The fourth-order valence-electron chi connectivity index (χ4n) is 10.8. The maximum absolute atomic E-state index is 2.69. The van der Waals surface area contributed by atoms with Gasteiger partial charge in [-0.1, -0.05) is 146 Å². The van der Waals surface area contributed by atoms with Crippen molar-refractivity contribution in [2.45, 2.75) is 26.3 Å². The molecule has 0 radical (unpaired) electrons. The van der Waals surface area contributed by atoms with Crippen LogP contribution in [0.2, 0.25) is 0 Å². The van der Waals surface area contributed by atoms with Crippen LogP contribution in [0, 0.1) is 13.8 Å². The van der Waals surface area contributed by atoms with E-state index in [1.165, 1.54) is 127 Å². The zero-order valence-electron chi connectivity index (χ0n) is 32.4. The highest BCUT2D eigenvalue weighted by Gasteiger charge is 2.35. The van der Waals surface area contributed by atoms with Crippen LogP contribution in [0.15, 0.2) is 176 Å². The van der Waals surface area contributed by atoms with Crippen molar-refractivity contribution >= 4 is 65.5 Å². The van der Waals surface area contributed by atoms with Gasteiger partial charge >= 0.3 is 0 Å². The zero-order chi connectivity index (χ0) is 38.2. The Hall–Kier alpha value is -7.16. The molecule has 0 saturated carbocycles. The van der Waals surface area contributed by atoms with Crippen molar-refractivity contribution in [3.8, 4) is 44.5 Å². The Kier molecular flexibility index (Phi) is 6.45. The van der Waals surface area contributed by atoms with Gasteiger partial charge in [-0.3, -0.25) is 0 Å². The van der Waals surface area contributed by atoms with Crippen LogP contribution in [0.3, 0.4) is 0 Å². The quantitative estimate of drug-likeness (QED) is 0.170. The summed E-state index contributed by atoms with van der Waals surface area (Å²) in [5.41, 5.74) is 22.2. The van der Waals surface area contributed by atoms with Crippen LogP contribution in [-0.4, -0.2) is 8.97 Å². The average molecular weight is 739 g/mol. The second-order valence-corrected chi connectivity index (χ2v) is 16.5. The molecular formula is C56H38N2. The Morgan fingerprint density at radius 3 is 1.78 bits per heavy atom. The Morgan fingerprint density at radius 2 is 1.05 bits per heavy atom. The first-order valence-electron chi connectivity index (χ1n) is 20.5. The molecule has 1 atom stereocenters. The molecule has 3 aromatic heterocycles. The summed E-state index contributed by atoms with van der Waals surface area (Å²) in [5.74, 6) is 0. The molecule has 1 aliphatic carbocycles. The van der Waals surface area contributed by atoms with Gasteiger partial charge in [0.15, 0.2) is 0 Å². The molecule has 0 spiro atoms. The van der Waals surface area contributed by atoms with Crippen molar-refractivity contribution < 1.29 is 0 Å². The predicted octanol–water partition coefficient (Wildman–Crippen LogP) is 15.1. The third-order valence-electron chi connectivity index (χ3n) is 13.4. The van der Waals surface area contributed by atoms with Gasteiger partial charge in [-0.2, -0.15) is 0 Å². The van der Waals surface area contributed by atoms with Gasteiger partial charge in [0.05, 0.1) is 33.6 Å². The molecule has 4 heterocycles. The van der Waals surface area contributed by atoms with Crippen LogP contribution in [0.4, 0.5) is 0 Å². The maximum atomic E-state index is 2.69. The molecule has 11 aromatic rings. The van der Waals surface area contributed by atoms with Crippen molar-refractivity contribution in [3.63, 3.8) is 0 Å². The van der Waals surface area contributed by atoms with Crippen molar-refractivity contribution in [2.75, 3.05) is 0 Å². The lowest BCUT2D eigenvalue weighted by Gasteiger charge is -2.20. The number of benzene rings is 8. The van der Waals surface area contributed by atoms with E-state index in [4.69, 9.17) is 0 Å². The molecule has 0 bridgehead atoms. The molecule has 2 nitrogen and oxygen atoms in total. The highest BCUT2D eigenvalue weighted by atomic mass is 15.0. The molecular weight excluding hydrogens is 701 g/mol. The number of fused-ring (bicyclic) bond motifs is 12. The van der Waals surface area contributed by atoms with Gasteiger partial charge in [-0.05, 0) is 112 Å². The Bertz CT molecular complexity index is 3590. The minimum atomic E-state index is 0.264. The Labute approximate surface area is 336 Å². The number of aromatic nitrogens is 2. The molecule has 2 aliphatic rings. The molecule has 1 unspecified atom stereocenters. The molecule has 13 rings (SSSR count). The van der Waals surface area contributed by atoms with Crippen LogP contribution in [0.25, 0.3) is 110 Å². The predicted molar refractivity (Wildman–Crippen MR) is 246 cm³/mol. The minimum Gasteiger partial charge on any atom is -0.332 e. The maximum Gasteiger partial charge on any atom is 0.0633 e. The van der Waals surface area contributed by atoms with Gasteiger partial charge in [0.1, 0.15) is 0 Å². The monoisotopic (exact) mass is 738 g/mol. The molecule has 0 N–H and O–H groups in total. The fourth-order valence-corrected chi connectivity index (χ4v) is 10.8. The van der Waals surface area contributed by atoms with Gasteiger partial charge in [0.2, 0.25) is 0 Å². The molecule has 2 heteroatoms. The van der Waals surface area contributed by atoms with E-state index in [2.05, 4.69) is 199 Å². The van der Waals surface area contributed by atoms with E-state index in [0.29, 0.717) is 0 Å². The number of rotatable bonds is 4. The van der Waals surface area contributed by atoms with Crippen LogP contribution < -0.4 is 0 Å². The second kappa shape index (κ2) is 11.7. The SMILES string of the molecule is Cc1ccc(-c2ccccc2)cc1-c1ccc2c3cc4c(cc3n3c2c1C1=CC=CCC13)c1ccc(-c2cc(-c3ccccc3)ccc2C)c2c3ccccc3n4c12. The third kappa shape index (κ3) is 4.22. The van der Waals surface area contributed by atoms with Gasteiger partial charge in [-0.15, -0.1) is 0 Å². The average Bonchev–Trinajstić information content (AvgIpc) is 4.00. The summed E-state index contributed by atoms with van der Waals surface area (Å²) >= 11 is 0. The van der Waals surface area contributed by atoms with E-state index in [1.807, 2.05) is 0 Å². The first kappa shape index (κ1) is 32.0. The lowest BCUT2D eigenvalue weighted by atomic mass is 9.86. The highest BCUT2D eigenvalue weighted by Crippen LogP contribution is 2.54. The van der Waals surface area contributed by atoms with Gasteiger partial charge in [-0.25, -0.2) is 0 Å². The normalized spacial score (nSPS) is 14.9. The van der Waals surface area contributed by atoms with E-state index in [9.17, 15) is 0 Å². The van der Waals surface area contributed by atoms with Crippen molar-refractivity contribution in [1.29, 1.82) is 0 Å². The molecule has 0 amide bonds. The number of para-hydroxylation sites is 1. The summed E-state index contributed by atoms with van der Waals surface area (Å²) in [7, 11) is 0. The van der Waals surface area contributed by atoms with E-state index in [0.717, 1.165) is 6.42 Å². The molecule has 1 aliphatic heterocycles. The Morgan fingerprint density at radius 1 is 0.448 bits per heavy atom. The van der Waals surface area contributed by atoms with Crippen molar-refractivity contribution in [3.05, 3.63) is 193 Å². The van der Waals surface area contributed by atoms with E-state index >= 15 is 0 Å². The van der Waals surface area contributed by atoms with Crippen LogP contribution in [-0.2, 0) is 0 Å². The first-order chi connectivity index (χ1) is 28.6. The lowest BCUT2D eigenvalue weighted by Crippen LogP contribution is -2.05. The van der Waals surface area contributed by atoms with E-state index in [1.54, 1.807) is 0 Å². The molecule has 58 heavy (non-hydrogen) atoms. The van der Waals surface area contributed by atoms with Crippen molar-refractivity contribution in [2.24, 2.45) is 0 Å². The summed E-state index contributed by atoms with van der Waals surface area (Å²) in [4.78, 5) is 0.